The van der Waals surface area contributed by atoms with Crippen LogP contribution in [0.4, 0.5) is 0 Å². The summed E-state index contributed by atoms with van der Waals surface area (Å²) in [5.74, 6) is 1.52. The number of amides is 1. The van der Waals surface area contributed by atoms with Gasteiger partial charge in [-0.15, -0.1) is 24.0 Å². The van der Waals surface area contributed by atoms with Crippen LogP contribution in [0.15, 0.2) is 35.3 Å². The Morgan fingerprint density at radius 1 is 1.32 bits per heavy atom. The molecule has 1 fully saturated rings. The summed E-state index contributed by atoms with van der Waals surface area (Å²) in [5.41, 5.74) is 0. The maximum absolute atomic E-state index is 12.0. The second kappa shape index (κ2) is 12.1. The molecule has 10 heteroatoms. The molecule has 2 N–H and O–H groups in total. The summed E-state index contributed by atoms with van der Waals surface area (Å²) < 4.78 is 28.5. The summed E-state index contributed by atoms with van der Waals surface area (Å²) in [6, 6.07) is 9.33. The Morgan fingerprint density at radius 2 is 2.04 bits per heavy atom. The van der Waals surface area contributed by atoms with Crippen LogP contribution in [0.3, 0.4) is 0 Å². The quantitative estimate of drug-likeness (QED) is 0.298. The van der Waals surface area contributed by atoms with Crippen molar-refractivity contribution in [3.8, 4) is 5.75 Å². The lowest BCUT2D eigenvalue weighted by Gasteiger charge is -2.22. The van der Waals surface area contributed by atoms with Gasteiger partial charge in [0.1, 0.15) is 12.4 Å². The van der Waals surface area contributed by atoms with Crippen LogP contribution in [0, 0.1) is 0 Å². The van der Waals surface area contributed by atoms with Gasteiger partial charge in [0.05, 0.1) is 18.1 Å². The Labute approximate surface area is 184 Å². The van der Waals surface area contributed by atoms with Gasteiger partial charge in [-0.25, -0.2) is 8.42 Å². The minimum Gasteiger partial charge on any atom is -0.492 e. The number of sulfone groups is 1. The molecular formula is C18H29IN4O4S. The van der Waals surface area contributed by atoms with E-state index in [0.717, 1.165) is 5.75 Å². The molecule has 28 heavy (non-hydrogen) atoms. The van der Waals surface area contributed by atoms with Crippen LogP contribution in [-0.2, 0) is 14.6 Å². The molecule has 1 saturated heterocycles. The first-order chi connectivity index (χ1) is 12.9. The van der Waals surface area contributed by atoms with Crippen LogP contribution < -0.4 is 15.4 Å². The molecule has 0 aliphatic carbocycles. The molecule has 0 saturated carbocycles. The number of aliphatic imine (C=N–C) groups is 1. The summed E-state index contributed by atoms with van der Waals surface area (Å²) in [6.07, 6.45) is 0.747. The van der Waals surface area contributed by atoms with E-state index in [4.69, 9.17) is 4.74 Å². The molecule has 1 atom stereocenters. The molecule has 1 aromatic carbocycles. The topological polar surface area (TPSA) is 100 Å². The van der Waals surface area contributed by atoms with E-state index in [1.165, 1.54) is 0 Å². The number of guanidine groups is 1. The number of nitrogens with one attached hydrogen (secondary N) is 2. The first-order valence-electron chi connectivity index (χ1n) is 8.99. The summed E-state index contributed by atoms with van der Waals surface area (Å²) in [6.45, 7) is 1.57. The summed E-state index contributed by atoms with van der Waals surface area (Å²) in [4.78, 5) is 18.1. The van der Waals surface area contributed by atoms with E-state index in [-0.39, 0.29) is 53.9 Å². The molecular weight excluding hydrogens is 495 g/mol. The highest BCUT2D eigenvalue weighted by Gasteiger charge is 2.28. The van der Waals surface area contributed by atoms with Crippen LogP contribution in [0.1, 0.15) is 12.8 Å². The van der Waals surface area contributed by atoms with Crippen molar-refractivity contribution in [2.75, 3.05) is 45.3 Å². The van der Waals surface area contributed by atoms with Crippen molar-refractivity contribution in [2.45, 2.75) is 18.9 Å². The Balaban J connectivity index is 0.00000392. The van der Waals surface area contributed by atoms with Crippen molar-refractivity contribution in [3.05, 3.63) is 30.3 Å². The van der Waals surface area contributed by atoms with Crippen molar-refractivity contribution >= 4 is 45.7 Å². The van der Waals surface area contributed by atoms with Gasteiger partial charge in [0, 0.05) is 33.1 Å². The first-order valence-corrected chi connectivity index (χ1v) is 10.8. The van der Waals surface area contributed by atoms with Crippen molar-refractivity contribution < 1.29 is 17.9 Å². The number of carbonyl (C=O) groups excluding carboxylic acids is 1. The van der Waals surface area contributed by atoms with E-state index in [0.29, 0.717) is 32.1 Å². The summed E-state index contributed by atoms with van der Waals surface area (Å²) in [5, 5.41) is 5.91. The third kappa shape index (κ3) is 8.63. The monoisotopic (exact) mass is 524 g/mol. The van der Waals surface area contributed by atoms with E-state index in [1.807, 2.05) is 42.3 Å². The highest BCUT2D eigenvalue weighted by molar-refractivity contribution is 14.0. The van der Waals surface area contributed by atoms with Gasteiger partial charge < -0.3 is 20.3 Å². The standard InChI is InChI=1S/C18H28N4O4S.HI/c1-19-18(22(2)11-12-26-16-6-4-3-5-7-16)20-10-8-17(23)21-15-9-13-27(24,25)14-15;/h3-7,15H,8-14H2,1-2H3,(H,19,20)(H,21,23);1H. The fraction of sp³-hybridized carbons (Fsp3) is 0.556. The molecule has 0 aromatic heterocycles. The SMILES string of the molecule is CN=C(NCCC(=O)NC1CCS(=O)(=O)C1)N(C)CCOc1ccccc1.I. The minimum absolute atomic E-state index is 0. The normalized spacial score (nSPS) is 18.1. The van der Waals surface area contributed by atoms with Crippen LogP contribution in [0.2, 0.25) is 0 Å². The van der Waals surface area contributed by atoms with Gasteiger partial charge in [-0.2, -0.15) is 0 Å². The molecule has 1 unspecified atom stereocenters. The molecule has 8 nitrogen and oxygen atoms in total. The lowest BCUT2D eigenvalue weighted by Crippen LogP contribution is -2.43. The van der Waals surface area contributed by atoms with Crippen molar-refractivity contribution in [2.24, 2.45) is 4.99 Å². The number of rotatable bonds is 8. The summed E-state index contributed by atoms with van der Waals surface area (Å²) in [7, 11) is 0.590. The maximum Gasteiger partial charge on any atom is 0.222 e. The molecule has 1 heterocycles. The fourth-order valence-electron chi connectivity index (χ4n) is 2.80. The van der Waals surface area contributed by atoms with Crippen LogP contribution in [0.5, 0.6) is 5.75 Å². The lowest BCUT2D eigenvalue weighted by atomic mass is 10.2. The smallest absolute Gasteiger partial charge is 0.222 e. The fourth-order valence-corrected chi connectivity index (χ4v) is 4.48. The van der Waals surface area contributed by atoms with Gasteiger partial charge in [-0.1, -0.05) is 18.2 Å². The average Bonchev–Trinajstić information content (AvgIpc) is 2.98. The number of benzene rings is 1. The van der Waals surface area contributed by atoms with Gasteiger partial charge in [0.25, 0.3) is 0 Å². The molecule has 1 aliphatic heterocycles. The third-order valence-electron chi connectivity index (χ3n) is 4.24. The van der Waals surface area contributed by atoms with Crippen LogP contribution in [-0.4, -0.2) is 76.5 Å². The second-order valence-electron chi connectivity index (χ2n) is 6.47. The molecule has 1 aromatic rings. The maximum atomic E-state index is 12.0. The largest absolute Gasteiger partial charge is 0.492 e. The zero-order valence-electron chi connectivity index (χ0n) is 16.3. The number of halogens is 1. The number of nitrogens with zero attached hydrogens (tertiary/aromatic N) is 2. The number of carbonyl (C=O) groups is 1. The van der Waals surface area contributed by atoms with E-state index >= 15 is 0 Å². The molecule has 1 amide bonds. The van der Waals surface area contributed by atoms with E-state index in [2.05, 4.69) is 15.6 Å². The van der Waals surface area contributed by atoms with Gasteiger partial charge in [-0.3, -0.25) is 9.79 Å². The number of hydrogen-bond donors (Lipinski definition) is 2. The second-order valence-corrected chi connectivity index (χ2v) is 8.70. The highest BCUT2D eigenvalue weighted by Crippen LogP contribution is 2.11. The Morgan fingerprint density at radius 3 is 2.64 bits per heavy atom. The molecule has 0 bridgehead atoms. The number of hydrogen-bond acceptors (Lipinski definition) is 5. The van der Waals surface area contributed by atoms with Crippen molar-refractivity contribution in [1.82, 2.24) is 15.5 Å². The minimum atomic E-state index is -2.99. The van der Waals surface area contributed by atoms with Gasteiger partial charge in [0.15, 0.2) is 15.8 Å². The lowest BCUT2D eigenvalue weighted by molar-refractivity contribution is -0.121. The number of likely N-dealkylation sites (N-methyl/N-ethyl adjacent to an activating group) is 1. The molecule has 0 radical (unpaired) electrons. The van der Waals surface area contributed by atoms with E-state index in [1.54, 1.807) is 7.05 Å². The predicted octanol–water partition coefficient (Wildman–Crippen LogP) is 0.884. The molecule has 0 spiro atoms. The zero-order valence-corrected chi connectivity index (χ0v) is 19.4. The van der Waals surface area contributed by atoms with Gasteiger partial charge in [0.2, 0.25) is 5.91 Å². The Hall–Kier alpha value is -1.56. The first kappa shape index (κ1) is 24.5. The van der Waals surface area contributed by atoms with Crippen LogP contribution >= 0.6 is 24.0 Å². The van der Waals surface area contributed by atoms with Gasteiger partial charge >= 0.3 is 0 Å². The Bertz CT molecular complexity index is 743. The molecule has 158 valence electrons. The van der Waals surface area contributed by atoms with Crippen LogP contribution in [0.25, 0.3) is 0 Å². The van der Waals surface area contributed by atoms with Crippen molar-refractivity contribution in [3.63, 3.8) is 0 Å². The van der Waals surface area contributed by atoms with E-state index < -0.39 is 9.84 Å². The number of ether oxygens (including phenoxy) is 1. The van der Waals surface area contributed by atoms with Gasteiger partial charge in [-0.05, 0) is 18.6 Å². The number of para-hydroxylation sites is 1. The third-order valence-corrected chi connectivity index (χ3v) is 6.01. The molecule has 1 aliphatic rings. The zero-order chi connectivity index (χ0) is 19.7. The molecule has 2 rings (SSSR count). The van der Waals surface area contributed by atoms with Crippen molar-refractivity contribution in [1.29, 1.82) is 0 Å². The highest BCUT2D eigenvalue weighted by atomic mass is 127. The average molecular weight is 524 g/mol. The van der Waals surface area contributed by atoms with E-state index in [9.17, 15) is 13.2 Å². The summed E-state index contributed by atoms with van der Waals surface area (Å²) >= 11 is 0. The Kier molecular flexibility index (Phi) is 10.6. The predicted molar refractivity (Wildman–Crippen MR) is 121 cm³/mol.